The molecule has 0 aliphatic carbocycles. The molecule has 1 aliphatic rings. The molecule has 1 aliphatic heterocycles. The van der Waals surface area contributed by atoms with E-state index < -0.39 is 17.2 Å². The minimum atomic E-state index is -0.594. The van der Waals surface area contributed by atoms with Crippen LogP contribution in [0.15, 0.2) is 12.2 Å². The van der Waals surface area contributed by atoms with Crippen LogP contribution in [0, 0.1) is 0 Å². The Morgan fingerprint density at radius 3 is 2.31 bits per heavy atom. The van der Waals surface area contributed by atoms with Crippen molar-refractivity contribution < 1.29 is 14.3 Å². The van der Waals surface area contributed by atoms with Gasteiger partial charge in [-0.1, -0.05) is 12.2 Å². The molecule has 90 valence electrons. The van der Waals surface area contributed by atoms with Gasteiger partial charge in [0.2, 0.25) is 5.91 Å². The summed E-state index contributed by atoms with van der Waals surface area (Å²) < 4.78 is 5.18. The average molecular weight is 225 g/mol. The molecule has 0 spiro atoms. The zero-order valence-electron chi connectivity index (χ0n) is 10.6. The zero-order chi connectivity index (χ0) is 12.7. The van der Waals surface area contributed by atoms with Gasteiger partial charge in [0.15, 0.2) is 0 Å². The van der Waals surface area contributed by atoms with Crippen LogP contribution in [0.1, 0.15) is 41.0 Å². The highest BCUT2D eigenvalue weighted by Crippen LogP contribution is 2.38. The SMILES string of the molecule is C=C(C)C1(C)CC(=O)N1C(=O)OC(C)(C)C. The molecule has 1 saturated heterocycles. The molecule has 0 aromatic carbocycles. The zero-order valence-corrected chi connectivity index (χ0v) is 10.6. The predicted octanol–water partition coefficient (Wildman–Crippen LogP) is 2.49. The number of likely N-dealkylation sites (tertiary alicyclic amines) is 1. The molecule has 1 rings (SSSR count). The summed E-state index contributed by atoms with van der Waals surface area (Å²) >= 11 is 0. The summed E-state index contributed by atoms with van der Waals surface area (Å²) in [5.41, 5.74) is -0.388. The second kappa shape index (κ2) is 3.61. The van der Waals surface area contributed by atoms with Crippen LogP contribution in [0.4, 0.5) is 4.79 Å². The van der Waals surface area contributed by atoms with E-state index in [0.29, 0.717) is 6.42 Å². The van der Waals surface area contributed by atoms with Crippen LogP contribution in [-0.2, 0) is 9.53 Å². The maximum absolute atomic E-state index is 11.8. The first-order chi connectivity index (χ1) is 7.08. The van der Waals surface area contributed by atoms with Crippen molar-refractivity contribution in [2.24, 2.45) is 0 Å². The van der Waals surface area contributed by atoms with Gasteiger partial charge in [0, 0.05) is 0 Å². The van der Waals surface area contributed by atoms with Crippen LogP contribution >= 0.6 is 0 Å². The van der Waals surface area contributed by atoms with E-state index in [4.69, 9.17) is 4.74 Å². The first-order valence-corrected chi connectivity index (χ1v) is 5.30. The second-order valence-electron chi connectivity index (χ2n) is 5.44. The van der Waals surface area contributed by atoms with Crippen LogP contribution in [0.25, 0.3) is 0 Å². The molecule has 0 aromatic heterocycles. The molecule has 0 aromatic rings. The van der Waals surface area contributed by atoms with Gasteiger partial charge in [-0.15, -0.1) is 0 Å². The number of ether oxygens (including phenoxy) is 1. The van der Waals surface area contributed by atoms with E-state index in [1.54, 1.807) is 20.8 Å². The van der Waals surface area contributed by atoms with Gasteiger partial charge in [0.25, 0.3) is 0 Å². The number of rotatable bonds is 1. The van der Waals surface area contributed by atoms with Crippen LogP contribution in [0.3, 0.4) is 0 Å². The molecular formula is C12H19NO3. The summed E-state index contributed by atoms with van der Waals surface area (Å²) in [6.07, 6.45) is -0.268. The normalized spacial score (nSPS) is 25.1. The highest BCUT2D eigenvalue weighted by molar-refractivity contribution is 6.00. The quantitative estimate of drug-likeness (QED) is 0.509. The number of carbonyl (C=O) groups excluding carboxylic acids is 2. The average Bonchev–Trinajstić information content (AvgIpc) is 1.97. The van der Waals surface area contributed by atoms with E-state index in [1.807, 2.05) is 13.8 Å². The Morgan fingerprint density at radius 1 is 1.50 bits per heavy atom. The summed E-state index contributed by atoms with van der Waals surface area (Å²) in [6, 6.07) is 0. The molecule has 1 heterocycles. The molecule has 1 atom stereocenters. The van der Waals surface area contributed by atoms with Crippen molar-refractivity contribution in [2.75, 3.05) is 0 Å². The third-order valence-electron chi connectivity index (χ3n) is 2.73. The largest absolute Gasteiger partial charge is 0.443 e. The number of nitrogens with zero attached hydrogens (tertiary/aromatic N) is 1. The van der Waals surface area contributed by atoms with E-state index >= 15 is 0 Å². The number of amides is 2. The number of β-lactam (4-membered cyclic amide) rings is 1. The lowest BCUT2D eigenvalue weighted by molar-refractivity contribution is -0.149. The first kappa shape index (κ1) is 12.7. The van der Waals surface area contributed by atoms with Crippen LogP contribution in [0.5, 0.6) is 0 Å². The fraction of sp³-hybridized carbons (Fsp3) is 0.667. The summed E-state index contributed by atoms with van der Waals surface area (Å²) in [4.78, 5) is 24.4. The van der Waals surface area contributed by atoms with Gasteiger partial charge in [0.1, 0.15) is 5.60 Å². The van der Waals surface area contributed by atoms with Gasteiger partial charge in [-0.3, -0.25) is 4.79 Å². The standard InChI is InChI=1S/C12H19NO3/c1-8(2)12(6)7-9(14)13(12)10(15)16-11(3,4)5/h1,7H2,2-6H3. The highest BCUT2D eigenvalue weighted by Gasteiger charge is 2.52. The van der Waals surface area contributed by atoms with Crippen LogP contribution in [-0.4, -0.2) is 28.0 Å². The summed E-state index contributed by atoms with van der Waals surface area (Å²) in [6.45, 7) is 12.8. The van der Waals surface area contributed by atoms with Gasteiger partial charge in [-0.05, 0) is 34.6 Å². The molecule has 2 amide bonds. The molecule has 0 radical (unpaired) electrons. The van der Waals surface area contributed by atoms with Crippen LogP contribution in [0.2, 0.25) is 0 Å². The molecule has 0 bridgehead atoms. The fourth-order valence-electron chi connectivity index (χ4n) is 1.59. The number of hydrogen-bond acceptors (Lipinski definition) is 3. The highest BCUT2D eigenvalue weighted by atomic mass is 16.6. The molecule has 0 saturated carbocycles. The topological polar surface area (TPSA) is 46.6 Å². The first-order valence-electron chi connectivity index (χ1n) is 5.30. The van der Waals surface area contributed by atoms with Crippen molar-refractivity contribution >= 4 is 12.0 Å². The van der Waals surface area contributed by atoms with Crippen molar-refractivity contribution in [3.8, 4) is 0 Å². The smallest absolute Gasteiger partial charge is 0.417 e. The fourth-order valence-corrected chi connectivity index (χ4v) is 1.59. The summed E-state index contributed by atoms with van der Waals surface area (Å²) in [7, 11) is 0. The monoisotopic (exact) mass is 225 g/mol. The second-order valence-corrected chi connectivity index (χ2v) is 5.44. The maximum atomic E-state index is 11.8. The lowest BCUT2D eigenvalue weighted by Crippen LogP contribution is -2.65. The van der Waals surface area contributed by atoms with Crippen molar-refractivity contribution in [1.82, 2.24) is 4.90 Å². The number of hydrogen-bond donors (Lipinski definition) is 0. The third kappa shape index (κ3) is 2.10. The Morgan fingerprint density at radius 2 is 2.00 bits per heavy atom. The van der Waals surface area contributed by atoms with Crippen molar-refractivity contribution in [2.45, 2.75) is 52.2 Å². The van der Waals surface area contributed by atoms with Gasteiger partial charge < -0.3 is 4.74 Å². The molecule has 4 nitrogen and oxygen atoms in total. The Hall–Kier alpha value is -1.32. The van der Waals surface area contributed by atoms with E-state index in [9.17, 15) is 9.59 Å². The Kier molecular flexibility index (Phi) is 2.88. The maximum Gasteiger partial charge on any atom is 0.417 e. The number of imide groups is 1. The lowest BCUT2D eigenvalue weighted by atomic mass is 9.81. The predicted molar refractivity (Wildman–Crippen MR) is 60.9 cm³/mol. The Bertz CT molecular complexity index is 354. The van der Waals surface area contributed by atoms with Gasteiger partial charge in [0.05, 0.1) is 12.0 Å². The van der Waals surface area contributed by atoms with Gasteiger partial charge >= 0.3 is 6.09 Å². The number of carbonyl (C=O) groups is 2. The minimum absolute atomic E-state index is 0.209. The lowest BCUT2D eigenvalue weighted by Gasteiger charge is -2.48. The van der Waals surface area contributed by atoms with Crippen molar-refractivity contribution in [3.63, 3.8) is 0 Å². The molecule has 4 heteroatoms. The molecular weight excluding hydrogens is 206 g/mol. The van der Waals surface area contributed by atoms with E-state index in [2.05, 4.69) is 6.58 Å². The molecule has 0 N–H and O–H groups in total. The minimum Gasteiger partial charge on any atom is -0.443 e. The van der Waals surface area contributed by atoms with Crippen LogP contribution < -0.4 is 0 Å². The molecule has 1 fully saturated rings. The molecule has 16 heavy (non-hydrogen) atoms. The Labute approximate surface area is 96.3 Å². The van der Waals surface area contributed by atoms with Crippen molar-refractivity contribution in [3.05, 3.63) is 12.2 Å². The van der Waals surface area contributed by atoms with E-state index in [1.165, 1.54) is 0 Å². The third-order valence-corrected chi connectivity index (χ3v) is 2.73. The Balaban J connectivity index is 2.83. The van der Waals surface area contributed by atoms with Crippen molar-refractivity contribution in [1.29, 1.82) is 0 Å². The van der Waals surface area contributed by atoms with E-state index in [0.717, 1.165) is 10.5 Å². The van der Waals surface area contributed by atoms with Gasteiger partial charge in [-0.2, -0.15) is 0 Å². The molecule has 1 unspecified atom stereocenters. The summed E-state index contributed by atoms with van der Waals surface area (Å²) in [5, 5.41) is 0. The van der Waals surface area contributed by atoms with Gasteiger partial charge in [-0.25, -0.2) is 9.69 Å². The summed E-state index contributed by atoms with van der Waals surface area (Å²) in [5.74, 6) is -0.209. The van der Waals surface area contributed by atoms with E-state index in [-0.39, 0.29) is 5.91 Å².